The van der Waals surface area contributed by atoms with E-state index in [1.807, 2.05) is 17.7 Å². The van der Waals surface area contributed by atoms with Gasteiger partial charge in [0.25, 0.3) is 0 Å². The fourth-order valence-electron chi connectivity index (χ4n) is 2.06. The second kappa shape index (κ2) is 10.3. The molecular weight excluding hydrogens is 282 g/mol. The summed E-state index contributed by atoms with van der Waals surface area (Å²) in [5, 5.41) is 6.12. The molecule has 22 heavy (non-hydrogen) atoms. The highest BCUT2D eigenvalue weighted by Crippen LogP contribution is 2.10. The molecule has 0 spiro atoms. The SMILES string of the molecule is CCC[C@H](N)C(=O)Nc1cn([C@@H](C)CNCCCOC)cn1. The Morgan fingerprint density at radius 3 is 3.00 bits per heavy atom. The number of hydrogen-bond donors (Lipinski definition) is 3. The number of carbonyl (C=O) groups is 1. The number of imidazole rings is 1. The van der Waals surface area contributed by atoms with Crippen LogP contribution in [-0.2, 0) is 9.53 Å². The molecule has 0 aromatic carbocycles. The Labute approximate surface area is 132 Å². The molecule has 1 aromatic rings. The van der Waals surface area contributed by atoms with E-state index in [0.29, 0.717) is 12.2 Å². The number of ether oxygens (including phenoxy) is 1. The van der Waals surface area contributed by atoms with Crippen molar-refractivity contribution in [3.63, 3.8) is 0 Å². The maximum absolute atomic E-state index is 11.8. The minimum Gasteiger partial charge on any atom is -0.385 e. The first-order valence-electron chi connectivity index (χ1n) is 7.88. The molecule has 0 bridgehead atoms. The Morgan fingerprint density at radius 1 is 1.55 bits per heavy atom. The number of nitrogens with two attached hydrogens (primary N) is 1. The van der Waals surface area contributed by atoms with E-state index in [-0.39, 0.29) is 11.9 Å². The third-order valence-electron chi connectivity index (χ3n) is 3.44. The average Bonchev–Trinajstić information content (AvgIpc) is 2.95. The lowest BCUT2D eigenvalue weighted by molar-refractivity contribution is -0.117. The lowest BCUT2D eigenvalue weighted by atomic mass is 10.2. The number of hydrogen-bond acceptors (Lipinski definition) is 5. The fraction of sp³-hybridized carbons (Fsp3) is 0.733. The van der Waals surface area contributed by atoms with Crippen molar-refractivity contribution in [2.24, 2.45) is 5.73 Å². The van der Waals surface area contributed by atoms with Gasteiger partial charge in [-0.1, -0.05) is 13.3 Å². The molecule has 0 aliphatic rings. The number of amides is 1. The predicted octanol–water partition coefficient (Wildman–Crippen LogP) is 1.14. The molecule has 0 aliphatic carbocycles. The lowest BCUT2D eigenvalue weighted by Crippen LogP contribution is -2.35. The monoisotopic (exact) mass is 311 g/mol. The van der Waals surface area contributed by atoms with E-state index in [2.05, 4.69) is 22.5 Å². The van der Waals surface area contributed by atoms with Crippen LogP contribution in [0.2, 0.25) is 0 Å². The number of anilines is 1. The van der Waals surface area contributed by atoms with E-state index in [9.17, 15) is 4.79 Å². The van der Waals surface area contributed by atoms with Gasteiger partial charge >= 0.3 is 0 Å². The van der Waals surface area contributed by atoms with Gasteiger partial charge in [0.2, 0.25) is 5.91 Å². The van der Waals surface area contributed by atoms with Gasteiger partial charge in [-0.05, 0) is 26.3 Å². The second-order valence-corrected chi connectivity index (χ2v) is 5.49. The zero-order valence-electron chi connectivity index (χ0n) is 13.8. The highest BCUT2D eigenvalue weighted by atomic mass is 16.5. The molecule has 0 unspecified atom stereocenters. The number of carbonyl (C=O) groups excluding carboxylic acids is 1. The summed E-state index contributed by atoms with van der Waals surface area (Å²) in [4.78, 5) is 16.0. The molecule has 7 nitrogen and oxygen atoms in total. The molecule has 4 N–H and O–H groups in total. The maximum atomic E-state index is 11.8. The second-order valence-electron chi connectivity index (χ2n) is 5.49. The van der Waals surface area contributed by atoms with Crippen molar-refractivity contribution in [1.29, 1.82) is 0 Å². The third kappa shape index (κ3) is 6.55. The van der Waals surface area contributed by atoms with Gasteiger partial charge in [0.1, 0.15) is 0 Å². The first-order chi connectivity index (χ1) is 10.6. The van der Waals surface area contributed by atoms with E-state index in [1.54, 1.807) is 13.4 Å². The van der Waals surface area contributed by atoms with Gasteiger partial charge in [0.15, 0.2) is 5.82 Å². The first-order valence-corrected chi connectivity index (χ1v) is 7.88. The Balaban J connectivity index is 2.38. The number of rotatable bonds is 11. The number of nitrogens with one attached hydrogen (secondary N) is 2. The zero-order chi connectivity index (χ0) is 16.4. The van der Waals surface area contributed by atoms with Crippen molar-refractivity contribution in [3.05, 3.63) is 12.5 Å². The van der Waals surface area contributed by atoms with E-state index >= 15 is 0 Å². The largest absolute Gasteiger partial charge is 0.385 e. The molecule has 1 aromatic heterocycles. The molecule has 2 atom stereocenters. The van der Waals surface area contributed by atoms with Crippen molar-refractivity contribution < 1.29 is 9.53 Å². The van der Waals surface area contributed by atoms with Crippen molar-refractivity contribution in [1.82, 2.24) is 14.9 Å². The van der Waals surface area contributed by atoms with Gasteiger partial charge in [0.05, 0.1) is 12.4 Å². The maximum Gasteiger partial charge on any atom is 0.242 e. The van der Waals surface area contributed by atoms with Crippen molar-refractivity contribution in [2.75, 3.05) is 32.1 Å². The molecule has 1 rings (SSSR count). The van der Waals surface area contributed by atoms with Crippen molar-refractivity contribution >= 4 is 11.7 Å². The van der Waals surface area contributed by atoms with Crippen LogP contribution in [0.1, 0.15) is 39.2 Å². The third-order valence-corrected chi connectivity index (χ3v) is 3.44. The summed E-state index contributed by atoms with van der Waals surface area (Å²) in [6, 6.07) is -0.222. The van der Waals surface area contributed by atoms with Crippen LogP contribution in [0.5, 0.6) is 0 Å². The van der Waals surface area contributed by atoms with Crippen LogP contribution in [0.25, 0.3) is 0 Å². The Hall–Kier alpha value is -1.44. The number of methoxy groups -OCH3 is 1. The molecule has 0 saturated heterocycles. The van der Waals surface area contributed by atoms with Gasteiger partial charge in [-0.2, -0.15) is 0 Å². The average molecular weight is 311 g/mol. The van der Waals surface area contributed by atoms with E-state index < -0.39 is 6.04 Å². The van der Waals surface area contributed by atoms with E-state index in [4.69, 9.17) is 10.5 Å². The topological polar surface area (TPSA) is 94.2 Å². The Bertz CT molecular complexity index is 435. The summed E-state index contributed by atoms with van der Waals surface area (Å²) in [6.45, 7) is 6.62. The minimum atomic E-state index is -0.477. The fourth-order valence-corrected chi connectivity index (χ4v) is 2.06. The van der Waals surface area contributed by atoms with Gasteiger partial charge in [-0.25, -0.2) is 4.98 Å². The summed E-state index contributed by atoms with van der Waals surface area (Å²) in [7, 11) is 1.70. The quantitative estimate of drug-likeness (QED) is 0.533. The van der Waals surface area contributed by atoms with E-state index in [0.717, 1.165) is 32.5 Å². The Kier molecular flexibility index (Phi) is 8.72. The summed E-state index contributed by atoms with van der Waals surface area (Å²) in [5.74, 6) is 0.361. The smallest absolute Gasteiger partial charge is 0.242 e. The molecular formula is C15H29N5O2. The Morgan fingerprint density at radius 2 is 2.32 bits per heavy atom. The van der Waals surface area contributed by atoms with Crippen LogP contribution in [0, 0.1) is 0 Å². The van der Waals surface area contributed by atoms with Crippen molar-refractivity contribution in [3.8, 4) is 0 Å². The standard InChI is InChI=1S/C15H29N5O2/c1-4-6-13(16)15(21)19-14-10-20(11-18-14)12(2)9-17-7-5-8-22-3/h10-13,17H,4-9,16H2,1-3H3,(H,19,21)/t12-,13-/m0/s1. The van der Waals surface area contributed by atoms with Crippen LogP contribution in [0.4, 0.5) is 5.82 Å². The molecule has 1 heterocycles. The molecule has 1 amide bonds. The molecule has 0 fully saturated rings. The number of aromatic nitrogens is 2. The molecule has 126 valence electrons. The van der Waals surface area contributed by atoms with Crippen LogP contribution in [-0.4, -0.2) is 48.3 Å². The molecule has 7 heteroatoms. The zero-order valence-corrected chi connectivity index (χ0v) is 13.8. The molecule has 0 radical (unpaired) electrons. The molecule has 0 aliphatic heterocycles. The summed E-state index contributed by atoms with van der Waals surface area (Å²) in [6.07, 6.45) is 6.10. The summed E-state index contributed by atoms with van der Waals surface area (Å²) in [5.41, 5.74) is 5.78. The van der Waals surface area contributed by atoms with Gasteiger partial charge in [-0.3, -0.25) is 4.79 Å². The predicted molar refractivity (Wildman–Crippen MR) is 87.8 cm³/mol. The van der Waals surface area contributed by atoms with Crippen LogP contribution in [0.15, 0.2) is 12.5 Å². The van der Waals surface area contributed by atoms with Crippen LogP contribution in [0.3, 0.4) is 0 Å². The summed E-state index contributed by atoms with van der Waals surface area (Å²) >= 11 is 0. The van der Waals surface area contributed by atoms with Crippen LogP contribution < -0.4 is 16.4 Å². The van der Waals surface area contributed by atoms with Crippen molar-refractivity contribution in [2.45, 2.75) is 45.2 Å². The first kappa shape index (κ1) is 18.6. The molecule has 0 saturated carbocycles. The highest BCUT2D eigenvalue weighted by molar-refractivity contribution is 5.93. The van der Waals surface area contributed by atoms with Gasteiger partial charge < -0.3 is 25.7 Å². The van der Waals surface area contributed by atoms with Gasteiger partial charge in [-0.15, -0.1) is 0 Å². The normalized spacial score (nSPS) is 13.8. The number of nitrogens with zero attached hydrogens (tertiary/aromatic N) is 2. The minimum absolute atomic E-state index is 0.183. The summed E-state index contributed by atoms with van der Waals surface area (Å²) < 4.78 is 6.98. The van der Waals surface area contributed by atoms with E-state index in [1.165, 1.54) is 0 Å². The van der Waals surface area contributed by atoms with Crippen LogP contribution >= 0.6 is 0 Å². The highest BCUT2D eigenvalue weighted by Gasteiger charge is 2.14. The lowest BCUT2D eigenvalue weighted by Gasteiger charge is -2.14. The van der Waals surface area contributed by atoms with Gasteiger partial charge in [0, 0.05) is 32.5 Å².